The van der Waals surface area contributed by atoms with Gasteiger partial charge >= 0.3 is 0 Å². The van der Waals surface area contributed by atoms with Crippen molar-refractivity contribution in [3.63, 3.8) is 0 Å². The maximum absolute atomic E-state index is 8.34. The Kier molecular flexibility index (Phi) is 3.85. The van der Waals surface area contributed by atoms with E-state index >= 15 is 0 Å². The van der Waals surface area contributed by atoms with Gasteiger partial charge in [-0.1, -0.05) is 19.8 Å². The fourth-order valence-corrected chi connectivity index (χ4v) is 2.99. The number of hydrogen-bond acceptors (Lipinski definition) is 2. The van der Waals surface area contributed by atoms with Crippen LogP contribution in [-0.2, 0) is 0 Å². The fraction of sp³-hybridized carbons (Fsp3) is 0.923. The SMILES string of the molecule is CC1CCCC(C(=N)N2CCN(C)CC2)C1. The van der Waals surface area contributed by atoms with Gasteiger partial charge in [0.2, 0.25) is 0 Å². The summed E-state index contributed by atoms with van der Waals surface area (Å²) in [6.07, 6.45) is 5.18. The minimum atomic E-state index is 0.548. The van der Waals surface area contributed by atoms with E-state index in [1.54, 1.807) is 0 Å². The van der Waals surface area contributed by atoms with Gasteiger partial charge in [-0.15, -0.1) is 0 Å². The average Bonchev–Trinajstić information content (AvgIpc) is 2.29. The number of likely N-dealkylation sites (N-methyl/N-ethyl adjacent to an activating group) is 1. The molecule has 92 valence electrons. The number of rotatable bonds is 1. The number of nitrogens with one attached hydrogen (secondary N) is 1. The maximum Gasteiger partial charge on any atom is 0.0990 e. The van der Waals surface area contributed by atoms with Gasteiger partial charge in [-0.25, -0.2) is 0 Å². The van der Waals surface area contributed by atoms with Crippen LogP contribution in [0.15, 0.2) is 0 Å². The summed E-state index contributed by atoms with van der Waals surface area (Å²) in [5, 5.41) is 8.34. The highest BCUT2D eigenvalue weighted by molar-refractivity contribution is 5.81. The van der Waals surface area contributed by atoms with Crippen molar-refractivity contribution in [3.8, 4) is 0 Å². The summed E-state index contributed by atoms with van der Waals surface area (Å²) in [6.45, 7) is 6.68. The van der Waals surface area contributed by atoms with Crippen LogP contribution in [0, 0.1) is 17.2 Å². The quantitative estimate of drug-likeness (QED) is 0.544. The molecule has 0 aromatic heterocycles. The molecule has 2 unspecified atom stereocenters. The summed E-state index contributed by atoms with van der Waals surface area (Å²) in [7, 11) is 2.17. The predicted octanol–water partition coefficient (Wildman–Crippen LogP) is 2.04. The lowest BCUT2D eigenvalue weighted by atomic mass is 9.81. The summed E-state index contributed by atoms with van der Waals surface area (Å²) < 4.78 is 0. The lowest BCUT2D eigenvalue weighted by molar-refractivity contribution is 0.201. The van der Waals surface area contributed by atoms with Crippen LogP contribution in [0.5, 0.6) is 0 Å². The smallest absolute Gasteiger partial charge is 0.0990 e. The summed E-state index contributed by atoms with van der Waals surface area (Å²) in [4.78, 5) is 4.66. The largest absolute Gasteiger partial charge is 0.358 e. The van der Waals surface area contributed by atoms with Gasteiger partial charge in [0, 0.05) is 32.1 Å². The summed E-state index contributed by atoms with van der Waals surface area (Å²) in [5.74, 6) is 2.30. The molecule has 0 bridgehead atoms. The molecule has 1 N–H and O–H groups in total. The predicted molar refractivity (Wildman–Crippen MR) is 67.9 cm³/mol. The zero-order valence-electron chi connectivity index (χ0n) is 10.7. The minimum absolute atomic E-state index is 0.548. The van der Waals surface area contributed by atoms with Gasteiger partial charge in [0.1, 0.15) is 0 Å². The van der Waals surface area contributed by atoms with Crippen LogP contribution in [0.4, 0.5) is 0 Å². The van der Waals surface area contributed by atoms with Crippen LogP contribution in [-0.4, -0.2) is 48.9 Å². The second-order valence-electron chi connectivity index (χ2n) is 5.64. The average molecular weight is 223 g/mol. The Hall–Kier alpha value is -0.570. The second kappa shape index (κ2) is 5.17. The molecule has 0 spiro atoms. The standard InChI is InChI=1S/C13H25N3/c1-11-4-3-5-12(10-11)13(14)16-8-6-15(2)7-9-16/h11-12,14H,3-10H2,1-2H3. The van der Waals surface area contributed by atoms with Crippen LogP contribution >= 0.6 is 0 Å². The highest BCUT2D eigenvalue weighted by Gasteiger charge is 2.27. The molecule has 1 saturated carbocycles. The van der Waals surface area contributed by atoms with E-state index in [0.717, 1.165) is 37.9 Å². The molecule has 2 rings (SSSR count). The van der Waals surface area contributed by atoms with Crippen molar-refractivity contribution in [2.75, 3.05) is 33.2 Å². The van der Waals surface area contributed by atoms with Crippen LogP contribution in [0.2, 0.25) is 0 Å². The maximum atomic E-state index is 8.34. The fourth-order valence-electron chi connectivity index (χ4n) is 2.99. The topological polar surface area (TPSA) is 30.3 Å². The van der Waals surface area contributed by atoms with E-state index in [0.29, 0.717) is 5.92 Å². The van der Waals surface area contributed by atoms with E-state index < -0.39 is 0 Å². The molecule has 3 heteroatoms. The lowest BCUT2D eigenvalue weighted by Crippen LogP contribution is -2.49. The van der Waals surface area contributed by atoms with E-state index in [4.69, 9.17) is 5.41 Å². The van der Waals surface area contributed by atoms with Crippen LogP contribution in [0.3, 0.4) is 0 Å². The highest BCUT2D eigenvalue weighted by atomic mass is 15.3. The number of piperazine rings is 1. The monoisotopic (exact) mass is 223 g/mol. The Balaban J connectivity index is 1.86. The van der Waals surface area contributed by atoms with E-state index in [9.17, 15) is 0 Å². The second-order valence-corrected chi connectivity index (χ2v) is 5.64. The Labute approximate surface area is 99.3 Å². The molecular weight excluding hydrogens is 198 g/mol. The molecule has 16 heavy (non-hydrogen) atoms. The minimum Gasteiger partial charge on any atom is -0.358 e. The molecule has 0 aromatic carbocycles. The molecule has 1 aliphatic heterocycles. The zero-order valence-corrected chi connectivity index (χ0v) is 10.7. The molecule has 0 amide bonds. The van der Waals surface area contributed by atoms with Crippen LogP contribution in [0.1, 0.15) is 32.6 Å². The summed E-state index contributed by atoms with van der Waals surface area (Å²) in [5.41, 5.74) is 0. The molecule has 3 nitrogen and oxygen atoms in total. The van der Waals surface area contributed by atoms with Crippen molar-refractivity contribution in [2.24, 2.45) is 11.8 Å². The van der Waals surface area contributed by atoms with E-state index in [-0.39, 0.29) is 0 Å². The van der Waals surface area contributed by atoms with Gasteiger partial charge in [-0.05, 0) is 25.8 Å². The first kappa shape index (κ1) is 11.9. The van der Waals surface area contributed by atoms with Crippen molar-refractivity contribution in [2.45, 2.75) is 32.6 Å². The van der Waals surface area contributed by atoms with Crippen LogP contribution < -0.4 is 0 Å². The van der Waals surface area contributed by atoms with Gasteiger partial charge in [-0.2, -0.15) is 0 Å². The third kappa shape index (κ3) is 2.76. The highest BCUT2D eigenvalue weighted by Crippen LogP contribution is 2.30. The molecule has 0 radical (unpaired) electrons. The van der Waals surface area contributed by atoms with Crippen molar-refractivity contribution in [1.82, 2.24) is 9.80 Å². The Morgan fingerprint density at radius 2 is 1.81 bits per heavy atom. The molecule has 2 atom stereocenters. The molecule has 2 aliphatic rings. The lowest BCUT2D eigenvalue weighted by Gasteiger charge is -2.38. The first-order valence-corrected chi connectivity index (χ1v) is 6.68. The van der Waals surface area contributed by atoms with Gasteiger partial charge in [0.05, 0.1) is 5.84 Å². The van der Waals surface area contributed by atoms with E-state index in [2.05, 4.69) is 23.8 Å². The third-order valence-electron chi connectivity index (χ3n) is 4.17. The first-order chi connectivity index (χ1) is 7.66. The van der Waals surface area contributed by atoms with Crippen molar-refractivity contribution < 1.29 is 0 Å². The first-order valence-electron chi connectivity index (χ1n) is 6.68. The third-order valence-corrected chi connectivity index (χ3v) is 4.17. The summed E-state index contributed by atoms with van der Waals surface area (Å²) in [6, 6.07) is 0. The van der Waals surface area contributed by atoms with Gasteiger partial charge in [0.15, 0.2) is 0 Å². The zero-order chi connectivity index (χ0) is 11.5. The summed E-state index contributed by atoms with van der Waals surface area (Å²) >= 11 is 0. The van der Waals surface area contributed by atoms with Crippen molar-refractivity contribution in [1.29, 1.82) is 5.41 Å². The van der Waals surface area contributed by atoms with Crippen molar-refractivity contribution >= 4 is 5.84 Å². The van der Waals surface area contributed by atoms with Gasteiger partial charge in [-0.3, -0.25) is 5.41 Å². The van der Waals surface area contributed by atoms with E-state index in [1.165, 1.54) is 25.7 Å². The molecule has 1 aliphatic carbocycles. The van der Waals surface area contributed by atoms with Crippen molar-refractivity contribution in [3.05, 3.63) is 0 Å². The van der Waals surface area contributed by atoms with E-state index in [1.807, 2.05) is 0 Å². The molecule has 1 saturated heterocycles. The Morgan fingerprint density at radius 1 is 1.12 bits per heavy atom. The van der Waals surface area contributed by atoms with Gasteiger partial charge in [0.25, 0.3) is 0 Å². The number of amidine groups is 1. The Morgan fingerprint density at radius 3 is 2.44 bits per heavy atom. The van der Waals surface area contributed by atoms with Crippen LogP contribution in [0.25, 0.3) is 0 Å². The molecule has 1 heterocycles. The van der Waals surface area contributed by atoms with Gasteiger partial charge < -0.3 is 9.80 Å². The molecule has 2 fully saturated rings. The number of hydrogen-bond donors (Lipinski definition) is 1. The molecular formula is C13H25N3. The number of nitrogens with zero attached hydrogens (tertiary/aromatic N) is 2. The normalized spacial score (nSPS) is 32.8. The Bertz CT molecular complexity index is 244. The molecule has 0 aromatic rings.